The zero-order valence-corrected chi connectivity index (χ0v) is 11.3. The van der Waals surface area contributed by atoms with Crippen LogP contribution in [0.5, 0.6) is 0 Å². The zero-order chi connectivity index (χ0) is 12.8. The van der Waals surface area contributed by atoms with Gasteiger partial charge in [0.15, 0.2) is 0 Å². The number of carbonyl (C=O) groups excluding carboxylic acids is 1. The number of nitrogens with two attached hydrogens (primary N) is 1. The SMILES string of the molecule is CCC(CCO)NC(=O)c1ccc(Br)c(N)c1. The van der Waals surface area contributed by atoms with E-state index in [1.807, 2.05) is 6.92 Å². The van der Waals surface area contributed by atoms with Gasteiger partial charge < -0.3 is 16.2 Å². The van der Waals surface area contributed by atoms with Crippen LogP contribution in [0.2, 0.25) is 0 Å². The molecule has 0 aliphatic rings. The molecule has 0 aliphatic heterocycles. The fraction of sp³-hybridized carbons (Fsp3) is 0.417. The van der Waals surface area contributed by atoms with E-state index in [1.165, 1.54) is 0 Å². The Morgan fingerprint density at radius 2 is 2.29 bits per heavy atom. The molecule has 0 fully saturated rings. The van der Waals surface area contributed by atoms with E-state index in [2.05, 4.69) is 21.2 Å². The normalized spacial score (nSPS) is 12.2. The number of rotatable bonds is 5. The Hall–Kier alpha value is -1.07. The minimum absolute atomic E-state index is 0.00243. The number of halogens is 1. The van der Waals surface area contributed by atoms with Crippen LogP contribution in [0.15, 0.2) is 22.7 Å². The highest BCUT2D eigenvalue weighted by molar-refractivity contribution is 9.10. The van der Waals surface area contributed by atoms with Gasteiger partial charge in [0.25, 0.3) is 5.91 Å². The number of hydrogen-bond acceptors (Lipinski definition) is 3. The number of amides is 1. The second-order valence-electron chi connectivity index (χ2n) is 3.83. The van der Waals surface area contributed by atoms with Crippen LogP contribution in [-0.2, 0) is 0 Å². The molecule has 0 saturated heterocycles. The maximum absolute atomic E-state index is 11.9. The molecule has 1 atom stereocenters. The molecule has 1 rings (SSSR count). The third-order valence-electron chi connectivity index (χ3n) is 2.56. The van der Waals surface area contributed by atoms with Gasteiger partial charge in [-0.15, -0.1) is 0 Å². The van der Waals surface area contributed by atoms with Crippen LogP contribution in [0.25, 0.3) is 0 Å². The van der Waals surface area contributed by atoms with E-state index in [1.54, 1.807) is 18.2 Å². The number of aliphatic hydroxyl groups is 1. The van der Waals surface area contributed by atoms with E-state index in [4.69, 9.17) is 10.8 Å². The Labute approximate surface area is 109 Å². The molecule has 0 spiro atoms. The topological polar surface area (TPSA) is 75.3 Å². The lowest BCUT2D eigenvalue weighted by Crippen LogP contribution is -2.35. The summed E-state index contributed by atoms with van der Waals surface area (Å²) < 4.78 is 0.774. The van der Waals surface area contributed by atoms with Gasteiger partial charge >= 0.3 is 0 Å². The minimum Gasteiger partial charge on any atom is -0.398 e. The third kappa shape index (κ3) is 4.02. The highest BCUT2D eigenvalue weighted by Gasteiger charge is 2.12. The lowest BCUT2D eigenvalue weighted by molar-refractivity contribution is 0.0929. The first kappa shape index (κ1) is 14.0. The van der Waals surface area contributed by atoms with E-state index in [-0.39, 0.29) is 18.6 Å². The number of aliphatic hydroxyl groups excluding tert-OH is 1. The standard InChI is InChI=1S/C12H17BrN2O2/c1-2-9(5-6-16)15-12(17)8-3-4-10(13)11(14)7-8/h3-4,7,9,16H,2,5-6,14H2,1H3,(H,15,17). The van der Waals surface area contributed by atoms with Crippen molar-refractivity contribution in [1.82, 2.24) is 5.32 Å². The first-order valence-corrected chi connectivity index (χ1v) is 6.34. The molecule has 0 heterocycles. The second-order valence-corrected chi connectivity index (χ2v) is 4.68. The van der Waals surface area contributed by atoms with E-state index in [0.717, 1.165) is 10.9 Å². The summed E-state index contributed by atoms with van der Waals surface area (Å²) >= 11 is 3.28. The molecule has 1 aromatic carbocycles. The predicted molar refractivity (Wildman–Crippen MR) is 71.8 cm³/mol. The molecule has 5 heteroatoms. The van der Waals surface area contributed by atoms with Gasteiger partial charge in [-0.3, -0.25) is 4.79 Å². The van der Waals surface area contributed by atoms with Crippen molar-refractivity contribution in [3.05, 3.63) is 28.2 Å². The van der Waals surface area contributed by atoms with Gasteiger partial charge in [0.2, 0.25) is 0 Å². The van der Waals surface area contributed by atoms with Crippen molar-refractivity contribution < 1.29 is 9.90 Å². The van der Waals surface area contributed by atoms with Gasteiger partial charge in [-0.2, -0.15) is 0 Å². The summed E-state index contributed by atoms with van der Waals surface area (Å²) in [6, 6.07) is 5.08. The first-order valence-electron chi connectivity index (χ1n) is 5.55. The first-order chi connectivity index (χ1) is 8.08. The van der Waals surface area contributed by atoms with Crippen molar-refractivity contribution in [2.45, 2.75) is 25.8 Å². The minimum atomic E-state index is -0.162. The van der Waals surface area contributed by atoms with Crippen molar-refractivity contribution in [2.75, 3.05) is 12.3 Å². The van der Waals surface area contributed by atoms with Crippen molar-refractivity contribution in [1.29, 1.82) is 0 Å². The molecule has 0 radical (unpaired) electrons. The van der Waals surface area contributed by atoms with E-state index < -0.39 is 0 Å². The van der Waals surface area contributed by atoms with Crippen molar-refractivity contribution in [3.8, 4) is 0 Å². The molecule has 0 aromatic heterocycles. The highest BCUT2D eigenvalue weighted by Crippen LogP contribution is 2.20. The average molecular weight is 301 g/mol. The van der Waals surface area contributed by atoms with Gasteiger partial charge in [0, 0.05) is 28.4 Å². The molecule has 1 unspecified atom stereocenters. The maximum Gasteiger partial charge on any atom is 0.251 e. The van der Waals surface area contributed by atoms with Crippen LogP contribution in [0, 0.1) is 0 Å². The molecule has 0 saturated carbocycles. The molecular formula is C12H17BrN2O2. The summed E-state index contributed by atoms with van der Waals surface area (Å²) in [5, 5.41) is 11.7. The molecular weight excluding hydrogens is 284 g/mol. The van der Waals surface area contributed by atoms with Gasteiger partial charge in [0.05, 0.1) is 0 Å². The van der Waals surface area contributed by atoms with Crippen molar-refractivity contribution in [2.24, 2.45) is 0 Å². The third-order valence-corrected chi connectivity index (χ3v) is 3.29. The maximum atomic E-state index is 11.9. The van der Waals surface area contributed by atoms with Gasteiger partial charge in [-0.05, 0) is 47.0 Å². The van der Waals surface area contributed by atoms with Crippen LogP contribution in [0.1, 0.15) is 30.1 Å². The predicted octanol–water partition coefficient (Wildman–Crippen LogP) is 1.92. The summed E-state index contributed by atoms with van der Waals surface area (Å²) in [6.45, 7) is 2.04. The van der Waals surface area contributed by atoms with Crippen LogP contribution in [-0.4, -0.2) is 23.7 Å². The van der Waals surface area contributed by atoms with Crippen LogP contribution in [0.3, 0.4) is 0 Å². The fourth-order valence-corrected chi connectivity index (χ4v) is 1.73. The number of hydrogen-bond donors (Lipinski definition) is 3. The summed E-state index contributed by atoms with van der Waals surface area (Å²) in [4.78, 5) is 11.9. The summed E-state index contributed by atoms with van der Waals surface area (Å²) in [5.74, 6) is -0.162. The van der Waals surface area contributed by atoms with Crippen LogP contribution >= 0.6 is 15.9 Å². The van der Waals surface area contributed by atoms with Gasteiger partial charge in [-0.1, -0.05) is 6.92 Å². The largest absolute Gasteiger partial charge is 0.398 e. The number of anilines is 1. The summed E-state index contributed by atoms with van der Waals surface area (Å²) in [6.07, 6.45) is 1.35. The molecule has 1 amide bonds. The highest BCUT2D eigenvalue weighted by atomic mass is 79.9. The summed E-state index contributed by atoms with van der Waals surface area (Å²) in [5.41, 5.74) is 6.78. The number of nitrogens with one attached hydrogen (secondary N) is 1. The molecule has 1 aromatic rings. The second kappa shape index (κ2) is 6.61. The Bertz CT molecular complexity index is 396. The summed E-state index contributed by atoms with van der Waals surface area (Å²) in [7, 11) is 0. The molecule has 94 valence electrons. The molecule has 4 N–H and O–H groups in total. The average Bonchev–Trinajstić information content (AvgIpc) is 2.31. The van der Waals surface area contributed by atoms with Crippen molar-refractivity contribution in [3.63, 3.8) is 0 Å². The number of benzene rings is 1. The Balaban J connectivity index is 2.72. The smallest absolute Gasteiger partial charge is 0.251 e. The Morgan fingerprint density at radius 1 is 1.59 bits per heavy atom. The van der Waals surface area contributed by atoms with Crippen LogP contribution < -0.4 is 11.1 Å². The molecule has 0 bridgehead atoms. The quantitative estimate of drug-likeness (QED) is 0.727. The number of carbonyl (C=O) groups is 1. The lowest BCUT2D eigenvalue weighted by atomic mass is 10.1. The van der Waals surface area contributed by atoms with Crippen molar-refractivity contribution >= 4 is 27.5 Å². The molecule has 4 nitrogen and oxygen atoms in total. The molecule has 17 heavy (non-hydrogen) atoms. The van der Waals surface area contributed by atoms with Gasteiger partial charge in [-0.25, -0.2) is 0 Å². The Kier molecular flexibility index (Phi) is 5.44. The Morgan fingerprint density at radius 3 is 2.82 bits per heavy atom. The van der Waals surface area contributed by atoms with Crippen LogP contribution in [0.4, 0.5) is 5.69 Å². The molecule has 0 aliphatic carbocycles. The number of nitrogen functional groups attached to an aromatic ring is 1. The van der Waals surface area contributed by atoms with Gasteiger partial charge in [0.1, 0.15) is 0 Å². The van der Waals surface area contributed by atoms with E-state index in [9.17, 15) is 4.79 Å². The van der Waals surface area contributed by atoms with E-state index in [0.29, 0.717) is 17.7 Å². The fourth-order valence-electron chi connectivity index (χ4n) is 1.49. The van der Waals surface area contributed by atoms with E-state index >= 15 is 0 Å². The zero-order valence-electron chi connectivity index (χ0n) is 9.74. The monoisotopic (exact) mass is 300 g/mol. The lowest BCUT2D eigenvalue weighted by Gasteiger charge is -2.15.